The van der Waals surface area contributed by atoms with E-state index in [0.29, 0.717) is 0 Å². The minimum Gasteiger partial charge on any atom is -0.294 e. The zero-order valence-electron chi connectivity index (χ0n) is 8.80. The summed E-state index contributed by atoms with van der Waals surface area (Å²) in [6.07, 6.45) is 0. The first-order valence-corrected chi connectivity index (χ1v) is 5.80. The van der Waals surface area contributed by atoms with Crippen LogP contribution in [0.4, 0.5) is 17.7 Å². The fourth-order valence-corrected chi connectivity index (χ4v) is 2.69. The van der Waals surface area contributed by atoms with Gasteiger partial charge in [-0.05, 0) is 37.1 Å². The highest BCUT2D eigenvalue weighted by atomic mass is 32.2. The quantitative estimate of drug-likeness (QED) is 0.777. The highest BCUT2D eigenvalue weighted by Gasteiger charge is 2.48. The normalized spacial score (nSPS) is 12.6. The minimum absolute atomic E-state index is 0.227. The largest absolute Gasteiger partial charge is 0.501 e. The Kier molecular flexibility index (Phi) is 3.37. The summed E-state index contributed by atoms with van der Waals surface area (Å²) in [6, 6.07) is 1.76. The summed E-state index contributed by atoms with van der Waals surface area (Å²) in [5.74, 6) is -0.346. The molecule has 0 bridgehead atoms. The van der Waals surface area contributed by atoms with Gasteiger partial charge < -0.3 is 0 Å². The van der Waals surface area contributed by atoms with Crippen molar-refractivity contribution in [1.29, 1.82) is 0 Å². The van der Waals surface area contributed by atoms with Crippen molar-refractivity contribution in [2.75, 3.05) is 0 Å². The molecule has 0 aliphatic carbocycles. The smallest absolute Gasteiger partial charge is 0.294 e. The Morgan fingerprint density at radius 3 is 1.82 bits per heavy atom. The summed E-state index contributed by atoms with van der Waals surface area (Å²) >= 11 is 0. The Balaban J connectivity index is 3.55. The monoisotopic (exact) mass is 272 g/mol. The van der Waals surface area contributed by atoms with Gasteiger partial charge in [0.1, 0.15) is 0 Å². The van der Waals surface area contributed by atoms with Crippen LogP contribution in [0, 0.1) is 13.8 Å². The van der Waals surface area contributed by atoms with Crippen LogP contribution in [-0.4, -0.2) is 13.9 Å². The molecule has 1 aromatic rings. The molecule has 0 fully saturated rings. The highest BCUT2D eigenvalue weighted by Crippen LogP contribution is 2.35. The van der Waals surface area contributed by atoms with Crippen molar-refractivity contribution in [3.63, 3.8) is 0 Å². The highest BCUT2D eigenvalue weighted by molar-refractivity contribution is 7.92. The molecule has 0 heterocycles. The van der Waals surface area contributed by atoms with Gasteiger partial charge in [0.15, 0.2) is 5.75 Å². The van der Waals surface area contributed by atoms with Gasteiger partial charge in [0.05, 0.1) is 4.90 Å². The van der Waals surface area contributed by atoms with E-state index in [2.05, 4.69) is 4.94 Å². The van der Waals surface area contributed by atoms with Crippen LogP contribution < -0.4 is 4.94 Å². The topological polar surface area (TPSA) is 43.4 Å². The molecule has 96 valence electrons. The van der Waals surface area contributed by atoms with Crippen molar-refractivity contribution in [3.8, 4) is 5.75 Å². The molecule has 0 unspecified atom stereocenters. The SMILES string of the molecule is Cc1cc(OF)cc(C)c1S(=O)(=O)C(F)(F)F. The average Bonchev–Trinajstić information content (AvgIpc) is 2.14. The van der Waals surface area contributed by atoms with Gasteiger partial charge in [0.2, 0.25) is 0 Å². The van der Waals surface area contributed by atoms with Crippen molar-refractivity contribution in [2.24, 2.45) is 0 Å². The van der Waals surface area contributed by atoms with Gasteiger partial charge in [-0.25, -0.2) is 8.42 Å². The minimum atomic E-state index is -5.44. The van der Waals surface area contributed by atoms with Gasteiger partial charge in [0.25, 0.3) is 9.84 Å². The van der Waals surface area contributed by atoms with Crippen LogP contribution in [0.3, 0.4) is 0 Å². The summed E-state index contributed by atoms with van der Waals surface area (Å²) in [5, 5.41) is 0. The molecule has 0 amide bonds. The third-order valence-corrected chi connectivity index (χ3v) is 3.89. The fourth-order valence-electron chi connectivity index (χ4n) is 1.49. The van der Waals surface area contributed by atoms with Crippen molar-refractivity contribution in [3.05, 3.63) is 23.3 Å². The van der Waals surface area contributed by atoms with Crippen LogP contribution >= 0.6 is 0 Å². The van der Waals surface area contributed by atoms with E-state index in [9.17, 15) is 26.1 Å². The summed E-state index contributed by atoms with van der Waals surface area (Å²) in [7, 11) is -5.44. The maximum absolute atomic E-state index is 12.4. The van der Waals surface area contributed by atoms with E-state index >= 15 is 0 Å². The van der Waals surface area contributed by atoms with Crippen LogP contribution in [0.5, 0.6) is 5.75 Å². The van der Waals surface area contributed by atoms with Crippen LogP contribution in [0.1, 0.15) is 11.1 Å². The zero-order chi connectivity index (χ0) is 13.4. The Bertz CT molecular complexity index is 511. The Labute approximate surface area is 94.8 Å². The van der Waals surface area contributed by atoms with Crippen molar-refractivity contribution in [2.45, 2.75) is 24.3 Å². The van der Waals surface area contributed by atoms with Gasteiger partial charge in [-0.15, -0.1) is 0 Å². The predicted molar refractivity (Wildman–Crippen MR) is 50.9 cm³/mol. The lowest BCUT2D eigenvalue weighted by molar-refractivity contribution is -0.0436. The summed E-state index contributed by atoms with van der Waals surface area (Å²) in [6.45, 7) is 2.27. The van der Waals surface area contributed by atoms with E-state index in [1.54, 1.807) is 0 Å². The number of sulfone groups is 1. The summed E-state index contributed by atoms with van der Waals surface area (Å²) in [5.41, 5.74) is -5.84. The number of rotatable bonds is 2. The van der Waals surface area contributed by atoms with Crippen molar-refractivity contribution < 1.29 is 31.1 Å². The molecule has 0 aromatic heterocycles. The predicted octanol–water partition coefficient (Wildman–Crippen LogP) is 2.86. The van der Waals surface area contributed by atoms with E-state index in [1.807, 2.05) is 0 Å². The van der Waals surface area contributed by atoms with Gasteiger partial charge in [-0.3, -0.25) is 4.94 Å². The van der Waals surface area contributed by atoms with Gasteiger partial charge >= 0.3 is 5.51 Å². The van der Waals surface area contributed by atoms with Crippen LogP contribution in [-0.2, 0) is 9.84 Å². The molecule has 0 aliphatic rings. The Morgan fingerprint density at radius 1 is 1.12 bits per heavy atom. The number of alkyl halides is 3. The third kappa shape index (κ3) is 2.36. The van der Waals surface area contributed by atoms with Crippen LogP contribution in [0.15, 0.2) is 17.0 Å². The van der Waals surface area contributed by atoms with E-state index in [1.165, 1.54) is 0 Å². The molecule has 0 saturated heterocycles. The van der Waals surface area contributed by atoms with Crippen molar-refractivity contribution in [1.82, 2.24) is 0 Å². The molecular formula is C9H8F4O3S. The average molecular weight is 272 g/mol. The molecule has 3 nitrogen and oxygen atoms in total. The first-order valence-electron chi connectivity index (χ1n) is 4.32. The van der Waals surface area contributed by atoms with Gasteiger partial charge in [-0.1, -0.05) is 0 Å². The third-order valence-electron chi connectivity index (χ3n) is 2.10. The molecule has 17 heavy (non-hydrogen) atoms. The van der Waals surface area contributed by atoms with Gasteiger partial charge in [-0.2, -0.15) is 13.2 Å². The van der Waals surface area contributed by atoms with Gasteiger partial charge in [0, 0.05) is 4.53 Å². The lowest BCUT2D eigenvalue weighted by atomic mass is 10.1. The number of benzene rings is 1. The van der Waals surface area contributed by atoms with E-state index < -0.39 is 20.2 Å². The second-order valence-corrected chi connectivity index (χ2v) is 5.29. The molecule has 0 aliphatic heterocycles. The Hall–Kier alpha value is -1.31. The molecule has 1 rings (SSSR count). The fraction of sp³-hybridized carbons (Fsp3) is 0.333. The summed E-state index contributed by atoms with van der Waals surface area (Å²) < 4.78 is 71.5. The zero-order valence-corrected chi connectivity index (χ0v) is 9.62. The molecule has 8 heteroatoms. The molecule has 0 spiro atoms. The molecule has 0 saturated carbocycles. The number of halogens is 4. The van der Waals surface area contributed by atoms with E-state index in [0.717, 1.165) is 26.0 Å². The molecular weight excluding hydrogens is 264 g/mol. The van der Waals surface area contributed by atoms with Crippen molar-refractivity contribution >= 4 is 9.84 Å². The molecule has 1 aromatic carbocycles. The second kappa shape index (κ2) is 4.17. The second-order valence-electron chi connectivity index (χ2n) is 3.41. The Morgan fingerprint density at radius 2 is 1.53 bits per heavy atom. The number of hydrogen-bond donors (Lipinski definition) is 0. The maximum Gasteiger partial charge on any atom is 0.501 e. The van der Waals surface area contributed by atoms with Crippen LogP contribution in [0.25, 0.3) is 0 Å². The lowest BCUT2D eigenvalue weighted by Gasteiger charge is -2.13. The molecule has 0 radical (unpaired) electrons. The number of aryl methyl sites for hydroxylation is 2. The van der Waals surface area contributed by atoms with E-state index in [-0.39, 0.29) is 16.9 Å². The number of hydrogen-bond acceptors (Lipinski definition) is 3. The first-order chi connectivity index (χ1) is 7.61. The maximum atomic E-state index is 12.4. The standard InChI is InChI=1S/C9H8F4O3S/c1-5-3-7(16-13)4-6(2)8(5)17(14,15)9(10,11)12/h3-4H,1-2H3. The molecule has 0 N–H and O–H groups in total. The van der Waals surface area contributed by atoms with E-state index in [4.69, 9.17) is 0 Å². The first kappa shape index (κ1) is 13.8. The summed E-state index contributed by atoms with van der Waals surface area (Å²) in [4.78, 5) is 2.48. The molecule has 0 atom stereocenters. The van der Waals surface area contributed by atoms with Crippen LogP contribution in [0.2, 0.25) is 0 Å². The lowest BCUT2D eigenvalue weighted by Crippen LogP contribution is -2.24.